The molecule has 0 aromatic heterocycles. The van der Waals surface area contributed by atoms with Crippen molar-refractivity contribution in [2.45, 2.75) is 33.6 Å². The van der Waals surface area contributed by atoms with E-state index in [9.17, 15) is 4.79 Å². The fraction of sp³-hybridized carbons (Fsp3) is 0.750. The Labute approximate surface area is 80.2 Å². The molecule has 72 valence electrons. The molecule has 0 radical (unpaired) electrons. The van der Waals surface area contributed by atoms with Gasteiger partial charge in [0.2, 0.25) is 0 Å². The van der Waals surface area contributed by atoms with Crippen LogP contribution in [0.5, 0.6) is 0 Å². The van der Waals surface area contributed by atoms with Gasteiger partial charge in [0.1, 0.15) is 5.78 Å². The highest BCUT2D eigenvalue weighted by Crippen LogP contribution is 2.67. The van der Waals surface area contributed by atoms with Gasteiger partial charge in [0.15, 0.2) is 0 Å². The van der Waals surface area contributed by atoms with E-state index in [0.29, 0.717) is 17.1 Å². The summed E-state index contributed by atoms with van der Waals surface area (Å²) in [5, 5.41) is 0. The smallest absolute Gasteiger partial charge is 0.142 e. The monoisotopic (exact) mass is 178 g/mol. The van der Waals surface area contributed by atoms with Crippen molar-refractivity contribution in [1.29, 1.82) is 0 Å². The summed E-state index contributed by atoms with van der Waals surface area (Å²) in [6, 6.07) is 0. The van der Waals surface area contributed by atoms with Crippen LogP contribution in [0.3, 0.4) is 0 Å². The van der Waals surface area contributed by atoms with E-state index >= 15 is 0 Å². The molecular weight excluding hydrogens is 160 g/mol. The first-order chi connectivity index (χ1) is 5.92. The lowest BCUT2D eigenvalue weighted by molar-refractivity contribution is -0.127. The highest BCUT2D eigenvalue weighted by Gasteiger charge is 2.63. The number of Topliss-reactive ketones (excluding diaryl/α,β-unsaturated/α-hetero) is 1. The number of hydrogen-bond acceptors (Lipinski definition) is 1. The standard InChI is InChI=1S/C12H18O/c1-5-12(4)7-9-8(6-10(12)13)11(9,2)3/h5,8-9H,1,6-7H2,2-4H3/t8-,9+,12+/m1/s1. The number of fused-ring (bicyclic) bond motifs is 1. The summed E-state index contributed by atoms with van der Waals surface area (Å²) < 4.78 is 0. The van der Waals surface area contributed by atoms with Crippen molar-refractivity contribution in [3.05, 3.63) is 12.7 Å². The van der Waals surface area contributed by atoms with Crippen LogP contribution in [0.15, 0.2) is 12.7 Å². The first-order valence-electron chi connectivity index (χ1n) is 5.09. The van der Waals surface area contributed by atoms with Crippen molar-refractivity contribution in [3.8, 4) is 0 Å². The first kappa shape index (κ1) is 8.98. The zero-order chi connectivity index (χ0) is 9.85. The molecule has 2 aliphatic carbocycles. The lowest BCUT2D eigenvalue weighted by Gasteiger charge is -2.27. The van der Waals surface area contributed by atoms with Gasteiger partial charge >= 0.3 is 0 Å². The second kappa shape index (κ2) is 2.26. The maximum Gasteiger partial charge on any atom is 0.142 e. The van der Waals surface area contributed by atoms with Crippen molar-refractivity contribution in [2.24, 2.45) is 22.7 Å². The molecule has 1 nitrogen and oxygen atoms in total. The summed E-state index contributed by atoms with van der Waals surface area (Å²) in [7, 11) is 0. The van der Waals surface area contributed by atoms with Crippen LogP contribution < -0.4 is 0 Å². The van der Waals surface area contributed by atoms with Gasteiger partial charge in [-0.25, -0.2) is 0 Å². The van der Waals surface area contributed by atoms with Gasteiger partial charge in [0.05, 0.1) is 0 Å². The van der Waals surface area contributed by atoms with Gasteiger partial charge in [-0.2, -0.15) is 0 Å². The number of carbonyl (C=O) groups excluding carboxylic acids is 1. The van der Waals surface area contributed by atoms with Gasteiger partial charge in [-0.15, -0.1) is 6.58 Å². The molecule has 0 bridgehead atoms. The molecule has 2 fully saturated rings. The summed E-state index contributed by atoms with van der Waals surface area (Å²) in [5.74, 6) is 1.82. The van der Waals surface area contributed by atoms with Crippen molar-refractivity contribution >= 4 is 5.78 Å². The molecule has 2 aliphatic rings. The topological polar surface area (TPSA) is 17.1 Å². The van der Waals surface area contributed by atoms with Crippen LogP contribution in [0.4, 0.5) is 0 Å². The molecule has 0 heterocycles. The summed E-state index contributed by atoms with van der Waals surface area (Å²) >= 11 is 0. The van der Waals surface area contributed by atoms with E-state index in [-0.39, 0.29) is 5.41 Å². The number of hydrogen-bond donors (Lipinski definition) is 0. The van der Waals surface area contributed by atoms with Crippen LogP contribution in [-0.2, 0) is 4.79 Å². The Morgan fingerprint density at radius 3 is 2.54 bits per heavy atom. The molecule has 13 heavy (non-hydrogen) atoms. The van der Waals surface area contributed by atoms with Crippen LogP contribution >= 0.6 is 0 Å². The lowest BCUT2D eigenvalue weighted by atomic mass is 9.75. The van der Waals surface area contributed by atoms with E-state index in [4.69, 9.17) is 0 Å². The molecule has 0 aromatic carbocycles. The minimum absolute atomic E-state index is 0.227. The zero-order valence-corrected chi connectivity index (χ0v) is 8.76. The minimum Gasteiger partial charge on any atom is -0.299 e. The fourth-order valence-corrected chi connectivity index (χ4v) is 2.87. The van der Waals surface area contributed by atoms with Crippen LogP contribution in [0.1, 0.15) is 33.6 Å². The Morgan fingerprint density at radius 2 is 2.00 bits per heavy atom. The molecule has 2 rings (SSSR count). The SMILES string of the molecule is C=C[C@@]1(C)C[C@H]2[C@@H](CC1=O)C2(C)C. The quantitative estimate of drug-likeness (QED) is 0.564. The molecule has 0 spiro atoms. The largest absolute Gasteiger partial charge is 0.299 e. The van der Waals surface area contributed by atoms with E-state index < -0.39 is 0 Å². The van der Waals surface area contributed by atoms with E-state index in [2.05, 4.69) is 20.4 Å². The Kier molecular flexibility index (Phi) is 1.56. The molecule has 0 amide bonds. The van der Waals surface area contributed by atoms with E-state index in [1.165, 1.54) is 0 Å². The molecule has 2 saturated carbocycles. The first-order valence-corrected chi connectivity index (χ1v) is 5.09. The number of allylic oxidation sites excluding steroid dienone is 1. The predicted octanol–water partition coefficient (Wildman–Crippen LogP) is 2.81. The highest BCUT2D eigenvalue weighted by molar-refractivity contribution is 5.88. The van der Waals surface area contributed by atoms with Crippen LogP contribution in [0.2, 0.25) is 0 Å². The molecule has 0 aromatic rings. The van der Waals surface area contributed by atoms with Gasteiger partial charge < -0.3 is 0 Å². The summed E-state index contributed by atoms with van der Waals surface area (Å²) in [6.07, 6.45) is 3.65. The van der Waals surface area contributed by atoms with Crippen molar-refractivity contribution < 1.29 is 4.79 Å². The Bertz CT molecular complexity index is 277. The van der Waals surface area contributed by atoms with Gasteiger partial charge in [0.25, 0.3) is 0 Å². The summed E-state index contributed by atoms with van der Waals surface area (Å²) in [4.78, 5) is 11.8. The van der Waals surface area contributed by atoms with E-state index in [0.717, 1.165) is 18.8 Å². The average Bonchev–Trinajstić information content (AvgIpc) is 2.56. The van der Waals surface area contributed by atoms with E-state index in [1.54, 1.807) is 0 Å². The molecule has 1 heteroatoms. The molecular formula is C12H18O. The molecule has 0 N–H and O–H groups in total. The van der Waals surface area contributed by atoms with Gasteiger partial charge in [-0.3, -0.25) is 4.79 Å². The van der Waals surface area contributed by atoms with Crippen LogP contribution in [-0.4, -0.2) is 5.78 Å². The Balaban J connectivity index is 2.23. The Morgan fingerprint density at radius 1 is 1.38 bits per heavy atom. The third kappa shape index (κ3) is 1.02. The van der Waals surface area contributed by atoms with Crippen molar-refractivity contribution in [1.82, 2.24) is 0 Å². The van der Waals surface area contributed by atoms with Gasteiger partial charge in [-0.1, -0.05) is 19.9 Å². The molecule has 0 aliphatic heterocycles. The number of rotatable bonds is 1. The van der Waals surface area contributed by atoms with Crippen LogP contribution in [0, 0.1) is 22.7 Å². The lowest BCUT2D eigenvalue weighted by Crippen LogP contribution is -2.29. The summed E-state index contributed by atoms with van der Waals surface area (Å²) in [5.41, 5.74) is 0.186. The normalized spacial score (nSPS) is 46.8. The van der Waals surface area contributed by atoms with Crippen LogP contribution in [0.25, 0.3) is 0 Å². The summed E-state index contributed by atoms with van der Waals surface area (Å²) in [6.45, 7) is 10.4. The second-order valence-electron chi connectivity index (χ2n) is 5.49. The molecule has 0 unspecified atom stereocenters. The number of ketones is 1. The molecule has 0 saturated heterocycles. The maximum atomic E-state index is 11.8. The third-order valence-corrected chi connectivity index (χ3v) is 4.42. The van der Waals surface area contributed by atoms with Gasteiger partial charge in [0, 0.05) is 11.8 Å². The fourth-order valence-electron chi connectivity index (χ4n) is 2.87. The average molecular weight is 178 g/mol. The second-order valence-corrected chi connectivity index (χ2v) is 5.49. The third-order valence-electron chi connectivity index (χ3n) is 4.42. The predicted molar refractivity (Wildman–Crippen MR) is 53.3 cm³/mol. The number of carbonyl (C=O) groups is 1. The van der Waals surface area contributed by atoms with Gasteiger partial charge in [-0.05, 0) is 30.6 Å². The highest BCUT2D eigenvalue weighted by atomic mass is 16.1. The Hall–Kier alpha value is -0.590. The minimum atomic E-state index is -0.227. The molecule has 3 atom stereocenters. The maximum absolute atomic E-state index is 11.8. The zero-order valence-electron chi connectivity index (χ0n) is 8.76. The van der Waals surface area contributed by atoms with E-state index in [1.807, 2.05) is 13.0 Å². The van der Waals surface area contributed by atoms with Crippen molar-refractivity contribution in [3.63, 3.8) is 0 Å². The van der Waals surface area contributed by atoms with Crippen molar-refractivity contribution in [2.75, 3.05) is 0 Å².